The summed E-state index contributed by atoms with van der Waals surface area (Å²) in [6.45, 7) is 4.58. The SMILES string of the molecule is CCCCCCCCCC/C=C/C=CCCCCCCCCCCCC. The fourth-order valence-corrected chi connectivity index (χ4v) is 3.50. The second kappa shape index (κ2) is 24.5. The van der Waals surface area contributed by atoms with E-state index in [1.807, 2.05) is 0 Å². The predicted molar refractivity (Wildman–Crippen MR) is 122 cm³/mol. The summed E-state index contributed by atoms with van der Waals surface area (Å²) in [7, 11) is 0. The van der Waals surface area contributed by atoms with Gasteiger partial charge in [-0.2, -0.15) is 0 Å². The molecule has 0 radical (unpaired) electrons. The van der Waals surface area contributed by atoms with Crippen molar-refractivity contribution in [1.29, 1.82) is 0 Å². The first kappa shape index (κ1) is 25.5. The molecule has 0 spiro atoms. The molecule has 0 fully saturated rings. The van der Waals surface area contributed by atoms with Crippen LogP contribution in [0.3, 0.4) is 0 Å². The van der Waals surface area contributed by atoms with Crippen molar-refractivity contribution in [3.63, 3.8) is 0 Å². The smallest absolute Gasteiger partial charge is 0.0348 e. The third-order valence-corrected chi connectivity index (χ3v) is 5.33. The van der Waals surface area contributed by atoms with Crippen molar-refractivity contribution in [2.24, 2.45) is 0 Å². The maximum absolute atomic E-state index is 2.36. The van der Waals surface area contributed by atoms with Gasteiger partial charge in [0.25, 0.3) is 0 Å². The van der Waals surface area contributed by atoms with E-state index >= 15 is 0 Å². The number of allylic oxidation sites excluding steroid dienone is 4. The van der Waals surface area contributed by atoms with Gasteiger partial charge in [0.15, 0.2) is 0 Å². The fraction of sp³-hybridized carbons (Fsp3) is 0.846. The molecule has 0 saturated carbocycles. The highest BCUT2D eigenvalue weighted by Crippen LogP contribution is 2.12. The highest BCUT2D eigenvalue weighted by Gasteiger charge is 1.92. The zero-order chi connectivity index (χ0) is 19.0. The summed E-state index contributed by atoms with van der Waals surface area (Å²) in [6, 6.07) is 0. The first-order chi connectivity index (χ1) is 12.9. The van der Waals surface area contributed by atoms with Crippen molar-refractivity contribution >= 4 is 0 Å². The van der Waals surface area contributed by atoms with E-state index in [1.165, 1.54) is 128 Å². The Morgan fingerprint density at radius 1 is 0.346 bits per heavy atom. The summed E-state index contributed by atoms with van der Waals surface area (Å²) in [5.74, 6) is 0. The average Bonchev–Trinajstić information content (AvgIpc) is 2.66. The Balaban J connectivity index is 3.14. The van der Waals surface area contributed by atoms with Gasteiger partial charge in [0.2, 0.25) is 0 Å². The van der Waals surface area contributed by atoms with Crippen LogP contribution in [0.25, 0.3) is 0 Å². The van der Waals surface area contributed by atoms with Gasteiger partial charge in [-0.3, -0.25) is 0 Å². The average molecular weight is 363 g/mol. The Labute approximate surface area is 166 Å². The monoisotopic (exact) mass is 362 g/mol. The number of unbranched alkanes of at least 4 members (excludes halogenated alkanes) is 18. The van der Waals surface area contributed by atoms with E-state index in [0.717, 1.165) is 0 Å². The lowest BCUT2D eigenvalue weighted by molar-refractivity contribution is 0.557. The second-order valence-electron chi connectivity index (χ2n) is 8.09. The highest BCUT2D eigenvalue weighted by atomic mass is 14.0. The Kier molecular flexibility index (Phi) is 24.0. The molecule has 0 rings (SSSR count). The Hall–Kier alpha value is -0.520. The molecule has 0 unspecified atom stereocenters. The molecule has 0 aromatic heterocycles. The lowest BCUT2D eigenvalue weighted by Crippen LogP contribution is -1.81. The minimum Gasteiger partial charge on any atom is -0.0845 e. The van der Waals surface area contributed by atoms with Crippen molar-refractivity contribution in [3.8, 4) is 0 Å². The van der Waals surface area contributed by atoms with Gasteiger partial charge in [0, 0.05) is 0 Å². The van der Waals surface area contributed by atoms with Crippen molar-refractivity contribution in [2.75, 3.05) is 0 Å². The van der Waals surface area contributed by atoms with Gasteiger partial charge >= 0.3 is 0 Å². The molecular formula is C26H50. The molecule has 0 heterocycles. The van der Waals surface area contributed by atoms with Crippen LogP contribution >= 0.6 is 0 Å². The maximum atomic E-state index is 2.36. The number of hydrogen-bond acceptors (Lipinski definition) is 0. The molecule has 0 amide bonds. The third-order valence-electron chi connectivity index (χ3n) is 5.33. The standard InChI is InChI=1S/C26H50/c1-3-5-7-9-11-13-15-17-19-21-23-25-26-24-22-20-18-16-14-12-10-8-6-4-2/h21,23,25-26H,3-20,22,24H2,1-2H3/b23-21+,26-25?. The van der Waals surface area contributed by atoms with Crippen LogP contribution in [0.4, 0.5) is 0 Å². The second-order valence-corrected chi connectivity index (χ2v) is 8.09. The van der Waals surface area contributed by atoms with Gasteiger partial charge in [0.05, 0.1) is 0 Å². The summed E-state index contributed by atoms with van der Waals surface area (Å²) >= 11 is 0. The van der Waals surface area contributed by atoms with Crippen LogP contribution in [-0.4, -0.2) is 0 Å². The quantitative estimate of drug-likeness (QED) is 0.141. The largest absolute Gasteiger partial charge is 0.0845 e. The molecule has 0 bridgehead atoms. The van der Waals surface area contributed by atoms with E-state index in [2.05, 4.69) is 38.2 Å². The molecule has 0 aromatic rings. The molecule has 0 nitrogen and oxygen atoms in total. The maximum Gasteiger partial charge on any atom is -0.0348 e. The molecule has 0 aromatic carbocycles. The van der Waals surface area contributed by atoms with Crippen LogP contribution in [0.15, 0.2) is 24.3 Å². The van der Waals surface area contributed by atoms with E-state index in [9.17, 15) is 0 Å². The van der Waals surface area contributed by atoms with Gasteiger partial charge in [-0.15, -0.1) is 0 Å². The number of hydrogen-bond donors (Lipinski definition) is 0. The topological polar surface area (TPSA) is 0 Å². The zero-order valence-electron chi connectivity index (χ0n) is 18.5. The van der Waals surface area contributed by atoms with Gasteiger partial charge in [-0.1, -0.05) is 141 Å². The minimum atomic E-state index is 1.26. The van der Waals surface area contributed by atoms with Crippen molar-refractivity contribution in [2.45, 2.75) is 142 Å². The van der Waals surface area contributed by atoms with Gasteiger partial charge in [0.1, 0.15) is 0 Å². The summed E-state index contributed by atoms with van der Waals surface area (Å²) in [5.41, 5.74) is 0. The van der Waals surface area contributed by atoms with Gasteiger partial charge < -0.3 is 0 Å². The highest BCUT2D eigenvalue weighted by molar-refractivity contribution is 5.02. The van der Waals surface area contributed by atoms with E-state index in [1.54, 1.807) is 0 Å². The van der Waals surface area contributed by atoms with Crippen LogP contribution in [0.1, 0.15) is 142 Å². The summed E-state index contributed by atoms with van der Waals surface area (Å²) in [4.78, 5) is 0. The van der Waals surface area contributed by atoms with Crippen molar-refractivity contribution in [3.05, 3.63) is 24.3 Å². The molecule has 0 atom stereocenters. The van der Waals surface area contributed by atoms with E-state index in [4.69, 9.17) is 0 Å². The normalized spacial score (nSPS) is 11.9. The number of rotatable bonds is 21. The van der Waals surface area contributed by atoms with E-state index in [-0.39, 0.29) is 0 Å². The lowest BCUT2D eigenvalue weighted by Gasteiger charge is -2.01. The zero-order valence-corrected chi connectivity index (χ0v) is 18.5. The van der Waals surface area contributed by atoms with Gasteiger partial charge in [-0.25, -0.2) is 0 Å². The van der Waals surface area contributed by atoms with Crippen LogP contribution in [0.5, 0.6) is 0 Å². The molecule has 0 aliphatic carbocycles. The van der Waals surface area contributed by atoms with Crippen molar-refractivity contribution in [1.82, 2.24) is 0 Å². The summed E-state index contributed by atoms with van der Waals surface area (Å²) < 4.78 is 0. The van der Waals surface area contributed by atoms with Crippen LogP contribution < -0.4 is 0 Å². The molecule has 0 N–H and O–H groups in total. The first-order valence-corrected chi connectivity index (χ1v) is 12.2. The molecule has 26 heavy (non-hydrogen) atoms. The Bertz CT molecular complexity index is 286. The summed E-state index contributed by atoms with van der Waals surface area (Å²) in [5, 5.41) is 0. The summed E-state index contributed by atoms with van der Waals surface area (Å²) in [6.07, 6.45) is 37.4. The molecule has 0 saturated heterocycles. The van der Waals surface area contributed by atoms with Crippen LogP contribution in [0, 0.1) is 0 Å². The lowest BCUT2D eigenvalue weighted by atomic mass is 10.1. The van der Waals surface area contributed by atoms with E-state index < -0.39 is 0 Å². The molecule has 0 heteroatoms. The van der Waals surface area contributed by atoms with E-state index in [0.29, 0.717) is 0 Å². The minimum absolute atomic E-state index is 1.26. The molecule has 0 aliphatic rings. The third kappa shape index (κ3) is 23.5. The van der Waals surface area contributed by atoms with Crippen LogP contribution in [-0.2, 0) is 0 Å². The van der Waals surface area contributed by atoms with Crippen molar-refractivity contribution < 1.29 is 0 Å². The molecule has 0 aliphatic heterocycles. The fourth-order valence-electron chi connectivity index (χ4n) is 3.50. The molecular weight excluding hydrogens is 312 g/mol. The van der Waals surface area contributed by atoms with Gasteiger partial charge in [-0.05, 0) is 25.7 Å². The first-order valence-electron chi connectivity index (χ1n) is 12.2. The predicted octanol–water partition coefficient (Wildman–Crippen LogP) is 9.94. The Morgan fingerprint density at radius 3 is 0.923 bits per heavy atom. The molecule has 154 valence electrons. The van der Waals surface area contributed by atoms with Crippen LogP contribution in [0.2, 0.25) is 0 Å². The Morgan fingerprint density at radius 2 is 0.615 bits per heavy atom.